The molecule has 0 bridgehead atoms. The van der Waals surface area contributed by atoms with Gasteiger partial charge in [0.15, 0.2) is 0 Å². The Hall–Kier alpha value is -3.08. The number of nitrogens with zero attached hydrogens (tertiary/aromatic N) is 2. The predicted molar refractivity (Wildman–Crippen MR) is 95.7 cm³/mol. The Kier molecular flexibility index (Phi) is 3.98. The smallest absolute Gasteiger partial charge is 0.203 e. The van der Waals surface area contributed by atoms with Gasteiger partial charge in [-0.25, -0.2) is 4.98 Å². The van der Waals surface area contributed by atoms with Crippen LogP contribution in [-0.2, 0) is 4.79 Å². The van der Waals surface area contributed by atoms with E-state index in [0.717, 1.165) is 29.1 Å². The van der Waals surface area contributed by atoms with E-state index in [0.29, 0.717) is 0 Å². The maximum Gasteiger partial charge on any atom is 0.203 e. The van der Waals surface area contributed by atoms with Gasteiger partial charge in [0.25, 0.3) is 0 Å². The zero-order valence-electron chi connectivity index (χ0n) is 13.9. The minimum atomic E-state index is -0.252. The average Bonchev–Trinajstić information content (AvgIpc) is 3.15. The quantitative estimate of drug-likeness (QED) is 0.743. The lowest BCUT2D eigenvalue weighted by molar-refractivity contribution is -0.112. The number of methoxy groups -OCH3 is 1. The Morgan fingerprint density at radius 1 is 1.08 bits per heavy atom. The fraction of sp³-hybridized carbons (Fsp3) is 0.200. The van der Waals surface area contributed by atoms with Gasteiger partial charge in [0, 0.05) is 12.4 Å². The highest BCUT2D eigenvalue weighted by molar-refractivity contribution is 5.62. The molecular weight excluding hydrogens is 314 g/mol. The summed E-state index contributed by atoms with van der Waals surface area (Å²) < 4.78 is 7.28. The maximum absolute atomic E-state index is 12.1. The summed E-state index contributed by atoms with van der Waals surface area (Å²) in [5.41, 5.74) is 2.13. The summed E-state index contributed by atoms with van der Waals surface area (Å²) in [5, 5.41) is 3.41. The third-order valence-electron chi connectivity index (χ3n) is 4.78. The van der Waals surface area contributed by atoms with E-state index >= 15 is 0 Å². The first kappa shape index (κ1) is 15.4. The Bertz CT molecular complexity index is 858. The number of hydrogen-bond donors (Lipinski definition) is 1. The average molecular weight is 333 g/mol. The molecule has 0 amide bonds. The van der Waals surface area contributed by atoms with E-state index in [1.54, 1.807) is 13.3 Å². The Morgan fingerprint density at radius 2 is 1.84 bits per heavy atom. The van der Waals surface area contributed by atoms with Gasteiger partial charge in [-0.2, -0.15) is 0 Å². The lowest BCUT2D eigenvalue weighted by Crippen LogP contribution is -2.37. The van der Waals surface area contributed by atoms with Crippen molar-refractivity contribution >= 4 is 12.2 Å². The van der Waals surface area contributed by atoms with Gasteiger partial charge >= 0.3 is 0 Å². The van der Waals surface area contributed by atoms with E-state index in [1.165, 1.54) is 0 Å². The fourth-order valence-electron chi connectivity index (χ4n) is 3.56. The highest BCUT2D eigenvalue weighted by Crippen LogP contribution is 2.42. The largest absolute Gasteiger partial charge is 0.497 e. The van der Waals surface area contributed by atoms with Crippen molar-refractivity contribution < 1.29 is 9.53 Å². The zero-order chi connectivity index (χ0) is 17.2. The zero-order valence-corrected chi connectivity index (χ0v) is 13.9. The second-order valence-electron chi connectivity index (χ2n) is 6.12. The van der Waals surface area contributed by atoms with Crippen LogP contribution >= 0.6 is 0 Å². The van der Waals surface area contributed by atoms with Crippen LogP contribution in [-0.4, -0.2) is 22.9 Å². The number of aromatic nitrogens is 2. The van der Waals surface area contributed by atoms with Crippen LogP contribution in [0.25, 0.3) is 0 Å². The van der Waals surface area contributed by atoms with Crippen molar-refractivity contribution in [2.24, 2.45) is 5.92 Å². The number of benzene rings is 2. The van der Waals surface area contributed by atoms with E-state index in [-0.39, 0.29) is 18.0 Å². The van der Waals surface area contributed by atoms with Crippen LogP contribution in [0.5, 0.6) is 5.75 Å². The molecule has 5 heteroatoms. The molecule has 1 aliphatic rings. The minimum absolute atomic E-state index is 0.118. The number of fused-ring (bicyclic) bond motifs is 1. The number of anilines is 1. The third kappa shape index (κ3) is 2.67. The molecule has 0 saturated carbocycles. The number of nitrogens with one attached hydrogen (secondary N) is 1. The Morgan fingerprint density at radius 3 is 2.52 bits per heavy atom. The van der Waals surface area contributed by atoms with E-state index in [1.807, 2.05) is 65.4 Å². The molecule has 2 heterocycles. The van der Waals surface area contributed by atoms with Gasteiger partial charge < -0.3 is 19.4 Å². The second kappa shape index (κ2) is 6.43. The first-order chi connectivity index (χ1) is 12.3. The number of carbonyl (C=O) groups is 1. The third-order valence-corrected chi connectivity index (χ3v) is 4.78. The standard InChI is InChI=1S/C20H19N3O2/c1-25-16-9-7-15(8-10-16)19-17(13-24)18(14-5-3-2-4-6-14)22-20-21-11-12-23(19)20/h2-13,17-19H,1H3,(H,21,22)/t17-,18-,19+/m0/s1. The van der Waals surface area contributed by atoms with E-state index in [2.05, 4.69) is 10.3 Å². The molecule has 5 nitrogen and oxygen atoms in total. The van der Waals surface area contributed by atoms with E-state index in [9.17, 15) is 4.79 Å². The van der Waals surface area contributed by atoms with Crippen molar-refractivity contribution in [1.29, 1.82) is 0 Å². The van der Waals surface area contributed by atoms with E-state index < -0.39 is 0 Å². The monoisotopic (exact) mass is 333 g/mol. The summed E-state index contributed by atoms with van der Waals surface area (Å²) in [6.45, 7) is 0. The summed E-state index contributed by atoms with van der Waals surface area (Å²) in [6, 6.07) is 17.7. The van der Waals surface area contributed by atoms with Crippen molar-refractivity contribution in [2.75, 3.05) is 12.4 Å². The van der Waals surface area contributed by atoms with Gasteiger partial charge in [-0.05, 0) is 23.3 Å². The molecule has 0 saturated heterocycles. The topological polar surface area (TPSA) is 56.1 Å². The van der Waals surface area contributed by atoms with Crippen molar-refractivity contribution in [3.8, 4) is 5.75 Å². The predicted octanol–water partition coefficient (Wildman–Crippen LogP) is 3.46. The second-order valence-corrected chi connectivity index (χ2v) is 6.12. The van der Waals surface area contributed by atoms with Gasteiger partial charge in [0.2, 0.25) is 5.95 Å². The van der Waals surface area contributed by atoms with Gasteiger partial charge in [0.1, 0.15) is 12.0 Å². The molecule has 0 spiro atoms. The summed E-state index contributed by atoms with van der Waals surface area (Å²) >= 11 is 0. The first-order valence-electron chi connectivity index (χ1n) is 8.25. The number of rotatable bonds is 4. The lowest BCUT2D eigenvalue weighted by Gasteiger charge is -2.38. The molecule has 25 heavy (non-hydrogen) atoms. The summed E-state index contributed by atoms with van der Waals surface area (Å²) in [5.74, 6) is 1.32. The molecule has 1 aliphatic heterocycles. The molecule has 4 rings (SSSR count). The number of hydrogen-bond acceptors (Lipinski definition) is 4. The highest BCUT2D eigenvalue weighted by Gasteiger charge is 2.38. The number of carbonyl (C=O) groups excluding carboxylic acids is 1. The van der Waals surface area contributed by atoms with E-state index in [4.69, 9.17) is 4.74 Å². The number of imidazole rings is 1. The van der Waals surface area contributed by atoms with Crippen LogP contribution in [0.1, 0.15) is 23.2 Å². The van der Waals surface area contributed by atoms with Crippen LogP contribution in [0.4, 0.5) is 5.95 Å². The van der Waals surface area contributed by atoms with Crippen molar-refractivity contribution in [3.63, 3.8) is 0 Å². The summed E-state index contributed by atoms with van der Waals surface area (Å²) in [4.78, 5) is 16.5. The van der Waals surface area contributed by atoms with Gasteiger partial charge in [-0.3, -0.25) is 0 Å². The van der Waals surface area contributed by atoms with Crippen LogP contribution in [0.3, 0.4) is 0 Å². The lowest BCUT2D eigenvalue weighted by atomic mass is 9.83. The Balaban J connectivity index is 1.81. The van der Waals surface area contributed by atoms with Crippen LogP contribution in [0.2, 0.25) is 0 Å². The number of ether oxygens (including phenoxy) is 1. The summed E-state index contributed by atoms with van der Waals surface area (Å²) in [6.07, 6.45) is 4.71. The fourth-order valence-corrected chi connectivity index (χ4v) is 3.56. The molecule has 1 aromatic heterocycles. The van der Waals surface area contributed by atoms with Crippen molar-refractivity contribution in [3.05, 3.63) is 78.1 Å². The molecule has 1 N–H and O–H groups in total. The molecule has 3 aromatic rings. The highest BCUT2D eigenvalue weighted by atomic mass is 16.5. The van der Waals surface area contributed by atoms with Crippen LogP contribution in [0.15, 0.2) is 67.0 Å². The van der Waals surface area contributed by atoms with Crippen molar-refractivity contribution in [1.82, 2.24) is 9.55 Å². The molecule has 126 valence electrons. The van der Waals surface area contributed by atoms with Crippen molar-refractivity contribution in [2.45, 2.75) is 12.1 Å². The molecule has 0 fully saturated rings. The molecule has 0 radical (unpaired) electrons. The molecule has 3 atom stereocenters. The molecule has 0 aliphatic carbocycles. The maximum atomic E-state index is 12.1. The summed E-state index contributed by atoms with van der Waals surface area (Å²) in [7, 11) is 1.65. The first-order valence-corrected chi connectivity index (χ1v) is 8.25. The Labute approximate surface area is 146 Å². The SMILES string of the molecule is COc1ccc([C@@H]2[C@@H](C=O)[C@H](c3ccccc3)Nc3nccn32)cc1. The molecule has 2 aromatic carbocycles. The number of aldehydes is 1. The van der Waals surface area contributed by atoms with Crippen LogP contribution in [0, 0.1) is 5.92 Å². The van der Waals surface area contributed by atoms with Gasteiger partial charge in [0.05, 0.1) is 25.1 Å². The van der Waals surface area contributed by atoms with Gasteiger partial charge in [-0.15, -0.1) is 0 Å². The normalized spacial score (nSPS) is 21.9. The van der Waals surface area contributed by atoms with Gasteiger partial charge in [-0.1, -0.05) is 42.5 Å². The molecule has 0 unspecified atom stereocenters. The van der Waals surface area contributed by atoms with Crippen LogP contribution < -0.4 is 10.1 Å². The minimum Gasteiger partial charge on any atom is -0.497 e. The molecular formula is C20H19N3O2.